The molecular formula is C6H9BrO3. The fourth-order valence-corrected chi connectivity index (χ4v) is 2.04. The van der Waals surface area contributed by atoms with E-state index >= 15 is 0 Å². The highest BCUT2D eigenvalue weighted by atomic mass is 79.9. The predicted molar refractivity (Wildman–Crippen MR) is 38.2 cm³/mol. The van der Waals surface area contributed by atoms with Crippen LogP contribution in [-0.2, 0) is 9.47 Å². The number of halogens is 1. The molecule has 2 rings (SSSR count). The van der Waals surface area contributed by atoms with Crippen LogP contribution in [-0.4, -0.2) is 41.5 Å². The lowest BCUT2D eigenvalue weighted by Crippen LogP contribution is -2.28. The van der Waals surface area contributed by atoms with Crippen LogP contribution < -0.4 is 0 Å². The van der Waals surface area contributed by atoms with Crippen molar-refractivity contribution >= 4 is 15.9 Å². The summed E-state index contributed by atoms with van der Waals surface area (Å²) >= 11 is 3.41. The third kappa shape index (κ3) is 0.906. The minimum Gasteiger partial charge on any atom is -0.388 e. The zero-order valence-corrected chi connectivity index (χ0v) is 6.95. The molecule has 2 saturated heterocycles. The van der Waals surface area contributed by atoms with E-state index in [1.165, 1.54) is 0 Å². The highest BCUT2D eigenvalue weighted by Gasteiger charge is 2.45. The molecule has 2 aliphatic rings. The summed E-state index contributed by atoms with van der Waals surface area (Å²) in [5.41, 5.74) is 0. The van der Waals surface area contributed by atoms with E-state index in [0.717, 1.165) is 0 Å². The molecule has 2 heterocycles. The summed E-state index contributed by atoms with van der Waals surface area (Å²) in [6.07, 6.45) is -0.452. The molecule has 0 aromatic rings. The third-order valence-corrected chi connectivity index (χ3v) is 2.75. The Bertz CT molecular complexity index is 125. The summed E-state index contributed by atoms with van der Waals surface area (Å²) in [4.78, 5) is 0.259. The van der Waals surface area contributed by atoms with E-state index in [4.69, 9.17) is 9.47 Å². The van der Waals surface area contributed by atoms with Crippen LogP contribution in [0.15, 0.2) is 0 Å². The molecule has 4 heteroatoms. The maximum atomic E-state index is 9.25. The molecule has 0 aromatic carbocycles. The number of aliphatic hydroxyl groups excluding tert-OH is 1. The van der Waals surface area contributed by atoms with Gasteiger partial charge in [0.05, 0.1) is 18.0 Å². The van der Waals surface area contributed by atoms with Crippen LogP contribution in [0.4, 0.5) is 0 Å². The highest BCUT2D eigenvalue weighted by Crippen LogP contribution is 2.30. The van der Waals surface area contributed by atoms with Gasteiger partial charge in [-0.25, -0.2) is 0 Å². The van der Waals surface area contributed by atoms with Crippen LogP contribution in [0.3, 0.4) is 0 Å². The fraction of sp³-hybridized carbons (Fsp3) is 1.00. The molecule has 0 amide bonds. The lowest BCUT2D eigenvalue weighted by atomic mass is 10.1. The second kappa shape index (κ2) is 2.44. The van der Waals surface area contributed by atoms with Crippen molar-refractivity contribution in [1.82, 2.24) is 0 Å². The average Bonchev–Trinajstić information content (AvgIpc) is 2.41. The summed E-state index contributed by atoms with van der Waals surface area (Å²) < 4.78 is 10.6. The van der Waals surface area contributed by atoms with E-state index < -0.39 is 6.10 Å². The van der Waals surface area contributed by atoms with E-state index in [-0.39, 0.29) is 17.0 Å². The molecule has 0 bridgehead atoms. The van der Waals surface area contributed by atoms with Gasteiger partial charge in [0.1, 0.15) is 18.3 Å². The molecule has 0 saturated carbocycles. The molecule has 0 radical (unpaired) electrons. The van der Waals surface area contributed by atoms with Crippen molar-refractivity contribution in [3.05, 3.63) is 0 Å². The van der Waals surface area contributed by atoms with Gasteiger partial charge in [0.15, 0.2) is 0 Å². The van der Waals surface area contributed by atoms with Crippen molar-refractivity contribution < 1.29 is 14.6 Å². The smallest absolute Gasteiger partial charge is 0.113 e. The first-order chi connectivity index (χ1) is 4.79. The van der Waals surface area contributed by atoms with Crippen LogP contribution >= 0.6 is 15.9 Å². The number of rotatable bonds is 0. The Labute approximate surface area is 67.4 Å². The van der Waals surface area contributed by atoms with Gasteiger partial charge < -0.3 is 14.6 Å². The lowest BCUT2D eigenvalue weighted by molar-refractivity contribution is 0.0188. The van der Waals surface area contributed by atoms with Gasteiger partial charge in [0, 0.05) is 0 Å². The van der Waals surface area contributed by atoms with Gasteiger partial charge in [-0.1, -0.05) is 15.9 Å². The Kier molecular flexibility index (Phi) is 1.72. The first-order valence-electron chi connectivity index (χ1n) is 3.34. The van der Waals surface area contributed by atoms with Crippen LogP contribution in [0, 0.1) is 0 Å². The zero-order valence-electron chi connectivity index (χ0n) is 5.37. The molecule has 0 spiro atoms. The number of fused-ring (bicyclic) bond motifs is 1. The molecule has 2 fully saturated rings. The SMILES string of the molecule is O[C@@H]1CO[C@H]2[C@@H]1OC[C@H]2Br. The van der Waals surface area contributed by atoms with Gasteiger partial charge in [0.2, 0.25) is 0 Å². The molecule has 0 aliphatic carbocycles. The Morgan fingerprint density at radius 3 is 2.60 bits per heavy atom. The molecule has 3 nitrogen and oxygen atoms in total. The largest absolute Gasteiger partial charge is 0.388 e. The summed E-state index contributed by atoms with van der Waals surface area (Å²) in [7, 11) is 0. The van der Waals surface area contributed by atoms with Crippen molar-refractivity contribution in [3.8, 4) is 0 Å². The molecule has 2 aliphatic heterocycles. The maximum Gasteiger partial charge on any atom is 0.113 e. The number of hydrogen-bond acceptors (Lipinski definition) is 3. The normalized spacial score (nSPS) is 53.4. The third-order valence-electron chi connectivity index (χ3n) is 1.97. The van der Waals surface area contributed by atoms with Crippen molar-refractivity contribution in [3.63, 3.8) is 0 Å². The van der Waals surface area contributed by atoms with Gasteiger partial charge >= 0.3 is 0 Å². The summed E-state index contributed by atoms with van der Waals surface area (Å²) in [6, 6.07) is 0. The van der Waals surface area contributed by atoms with Crippen LogP contribution in [0.1, 0.15) is 0 Å². The highest BCUT2D eigenvalue weighted by molar-refractivity contribution is 9.09. The predicted octanol–water partition coefficient (Wildman–Crippen LogP) is -0.0916. The fourth-order valence-electron chi connectivity index (χ4n) is 1.43. The van der Waals surface area contributed by atoms with Gasteiger partial charge in [-0.2, -0.15) is 0 Å². The first-order valence-corrected chi connectivity index (χ1v) is 4.26. The molecular weight excluding hydrogens is 200 g/mol. The Morgan fingerprint density at radius 1 is 1.20 bits per heavy atom. The van der Waals surface area contributed by atoms with Crippen molar-refractivity contribution in [2.24, 2.45) is 0 Å². The van der Waals surface area contributed by atoms with Crippen LogP contribution in [0.5, 0.6) is 0 Å². The minimum atomic E-state index is -0.424. The van der Waals surface area contributed by atoms with E-state index in [0.29, 0.717) is 13.2 Å². The van der Waals surface area contributed by atoms with Gasteiger partial charge in [-0.05, 0) is 0 Å². The molecule has 1 N–H and O–H groups in total. The summed E-state index contributed by atoms with van der Waals surface area (Å²) in [5, 5.41) is 9.25. The summed E-state index contributed by atoms with van der Waals surface area (Å²) in [5.74, 6) is 0. The molecule has 4 atom stereocenters. The topological polar surface area (TPSA) is 38.7 Å². The minimum absolute atomic E-state index is 0.0648. The molecule has 0 aromatic heterocycles. The number of aliphatic hydroxyl groups is 1. The van der Waals surface area contributed by atoms with E-state index in [9.17, 15) is 5.11 Å². The quantitative estimate of drug-likeness (QED) is 0.566. The second-order valence-corrected chi connectivity index (χ2v) is 3.86. The van der Waals surface area contributed by atoms with Crippen LogP contribution in [0.2, 0.25) is 0 Å². The van der Waals surface area contributed by atoms with Crippen molar-refractivity contribution in [1.29, 1.82) is 0 Å². The second-order valence-electron chi connectivity index (χ2n) is 2.68. The number of hydrogen-bond donors (Lipinski definition) is 1. The Morgan fingerprint density at radius 2 is 1.90 bits per heavy atom. The monoisotopic (exact) mass is 208 g/mol. The molecule has 10 heavy (non-hydrogen) atoms. The molecule has 0 unspecified atom stereocenters. The van der Waals surface area contributed by atoms with Crippen molar-refractivity contribution in [2.45, 2.75) is 23.1 Å². The molecule has 58 valence electrons. The zero-order chi connectivity index (χ0) is 7.14. The standard InChI is InChI=1S/C6H9BrO3/c7-3-1-9-6-4(8)2-10-5(3)6/h3-6,8H,1-2H2/t3-,4-,5-,6-/m1/s1. The van der Waals surface area contributed by atoms with Gasteiger partial charge in [-0.3, -0.25) is 0 Å². The van der Waals surface area contributed by atoms with Crippen molar-refractivity contribution in [2.75, 3.05) is 13.2 Å². The van der Waals surface area contributed by atoms with E-state index in [1.807, 2.05) is 0 Å². The van der Waals surface area contributed by atoms with E-state index in [2.05, 4.69) is 15.9 Å². The summed E-state index contributed by atoms with van der Waals surface area (Å²) in [6.45, 7) is 1.06. The Balaban J connectivity index is 2.09. The average molecular weight is 209 g/mol. The number of alkyl halides is 1. The van der Waals surface area contributed by atoms with E-state index in [1.54, 1.807) is 0 Å². The van der Waals surface area contributed by atoms with Crippen LogP contribution in [0.25, 0.3) is 0 Å². The first kappa shape index (κ1) is 7.03. The lowest BCUT2D eigenvalue weighted by Gasteiger charge is -2.09. The van der Waals surface area contributed by atoms with Gasteiger partial charge in [0.25, 0.3) is 0 Å². The number of ether oxygens (including phenoxy) is 2. The maximum absolute atomic E-state index is 9.25. The van der Waals surface area contributed by atoms with Gasteiger partial charge in [-0.15, -0.1) is 0 Å². The Hall–Kier alpha value is 0.360.